The number of aromatic amines is 1. The van der Waals surface area contributed by atoms with Gasteiger partial charge in [0.25, 0.3) is 0 Å². The van der Waals surface area contributed by atoms with Crippen molar-refractivity contribution in [3.8, 4) is 0 Å². The topological polar surface area (TPSA) is 95.9 Å². The van der Waals surface area contributed by atoms with Gasteiger partial charge in [0.2, 0.25) is 5.78 Å². The molecule has 0 atom stereocenters. The van der Waals surface area contributed by atoms with Gasteiger partial charge in [-0.25, -0.2) is 4.98 Å². The lowest BCUT2D eigenvalue weighted by molar-refractivity contribution is 0.101. The van der Waals surface area contributed by atoms with Crippen LogP contribution in [0.1, 0.15) is 43.9 Å². The van der Waals surface area contributed by atoms with Crippen LogP contribution in [0.4, 0.5) is 0 Å². The van der Waals surface area contributed by atoms with Crippen LogP contribution in [0, 0.1) is 0 Å². The molecule has 7 heteroatoms. The van der Waals surface area contributed by atoms with Crippen molar-refractivity contribution in [3.63, 3.8) is 0 Å². The Morgan fingerprint density at radius 3 is 2.64 bits per heavy atom. The summed E-state index contributed by atoms with van der Waals surface area (Å²) in [4.78, 5) is 28.0. The van der Waals surface area contributed by atoms with E-state index in [2.05, 4.69) is 15.2 Å². The van der Waals surface area contributed by atoms with Gasteiger partial charge < -0.3 is 5.11 Å². The molecule has 25 heavy (non-hydrogen) atoms. The molecule has 2 heterocycles. The number of ketones is 2. The Bertz CT molecular complexity index is 925. The summed E-state index contributed by atoms with van der Waals surface area (Å²) in [5, 5.41) is 18.2. The van der Waals surface area contributed by atoms with E-state index in [4.69, 9.17) is 0 Å². The van der Waals surface area contributed by atoms with Crippen LogP contribution in [0.3, 0.4) is 0 Å². The lowest BCUT2D eigenvalue weighted by Gasteiger charge is -2.05. The number of aliphatic hydroxyl groups excluding tert-OH is 1. The Morgan fingerprint density at radius 1 is 1.24 bits per heavy atom. The highest BCUT2D eigenvalue weighted by atomic mass is 32.1. The summed E-state index contributed by atoms with van der Waals surface area (Å²) in [5.41, 5.74) is 2.28. The number of allylic oxidation sites excluding steroid dienone is 1. The number of nitrogens with zero attached hydrogens (tertiary/aromatic N) is 2. The van der Waals surface area contributed by atoms with E-state index >= 15 is 0 Å². The van der Waals surface area contributed by atoms with Gasteiger partial charge in [-0.2, -0.15) is 5.10 Å². The van der Waals surface area contributed by atoms with E-state index in [1.807, 2.05) is 17.5 Å². The van der Waals surface area contributed by atoms with Crippen molar-refractivity contribution >= 4 is 28.7 Å². The zero-order valence-electron chi connectivity index (χ0n) is 13.4. The number of carbonyl (C=O) groups is 2. The molecule has 3 aromatic rings. The first-order valence-corrected chi connectivity index (χ1v) is 8.39. The minimum Gasteiger partial charge on any atom is -0.507 e. The second kappa shape index (κ2) is 7.23. The SMILES string of the molecule is CC(=O)c1ccc(Cc2sccc2C(O)=CC(=O)c2ncn[nH]2)cc1. The first-order valence-electron chi connectivity index (χ1n) is 7.51. The first kappa shape index (κ1) is 16.8. The monoisotopic (exact) mass is 353 g/mol. The fourth-order valence-corrected chi connectivity index (χ4v) is 3.26. The maximum Gasteiger partial charge on any atom is 0.226 e. The summed E-state index contributed by atoms with van der Waals surface area (Å²) in [6, 6.07) is 9.12. The van der Waals surface area contributed by atoms with Crippen molar-refractivity contribution in [2.24, 2.45) is 0 Å². The van der Waals surface area contributed by atoms with E-state index in [9.17, 15) is 14.7 Å². The van der Waals surface area contributed by atoms with E-state index in [-0.39, 0.29) is 17.4 Å². The lowest BCUT2D eigenvalue weighted by atomic mass is 10.0. The Morgan fingerprint density at radius 2 is 2.00 bits per heavy atom. The fourth-order valence-electron chi connectivity index (χ4n) is 2.34. The molecule has 1 aromatic carbocycles. The van der Waals surface area contributed by atoms with Crippen LogP contribution < -0.4 is 0 Å². The molecule has 0 unspecified atom stereocenters. The molecule has 3 rings (SSSR count). The van der Waals surface area contributed by atoms with Gasteiger partial charge in [-0.15, -0.1) is 11.3 Å². The van der Waals surface area contributed by atoms with Crippen LogP contribution in [0.25, 0.3) is 5.76 Å². The van der Waals surface area contributed by atoms with Crippen LogP contribution in [-0.2, 0) is 6.42 Å². The molecule has 6 nitrogen and oxygen atoms in total. The first-order chi connectivity index (χ1) is 12.0. The van der Waals surface area contributed by atoms with E-state index < -0.39 is 5.78 Å². The van der Waals surface area contributed by atoms with Crippen molar-refractivity contribution < 1.29 is 14.7 Å². The van der Waals surface area contributed by atoms with E-state index in [0.29, 0.717) is 17.5 Å². The summed E-state index contributed by atoms with van der Waals surface area (Å²) < 4.78 is 0. The van der Waals surface area contributed by atoms with Gasteiger partial charge in [-0.3, -0.25) is 14.7 Å². The van der Waals surface area contributed by atoms with Crippen molar-refractivity contribution in [1.29, 1.82) is 0 Å². The number of benzene rings is 1. The largest absolute Gasteiger partial charge is 0.507 e. The molecule has 2 aromatic heterocycles. The van der Waals surface area contributed by atoms with E-state index in [0.717, 1.165) is 16.5 Å². The van der Waals surface area contributed by atoms with Gasteiger partial charge in [0, 0.05) is 28.5 Å². The van der Waals surface area contributed by atoms with E-state index in [1.165, 1.54) is 24.6 Å². The molecule has 126 valence electrons. The molecular weight excluding hydrogens is 338 g/mol. The summed E-state index contributed by atoms with van der Waals surface area (Å²) >= 11 is 1.49. The zero-order chi connectivity index (χ0) is 17.8. The number of Topliss-reactive ketones (excluding diaryl/α,β-unsaturated/α-hetero) is 1. The lowest BCUT2D eigenvalue weighted by Crippen LogP contribution is -2.00. The quantitative estimate of drug-likeness (QED) is 0.402. The van der Waals surface area contributed by atoms with Crippen LogP contribution in [-0.4, -0.2) is 31.9 Å². The summed E-state index contributed by atoms with van der Waals surface area (Å²) in [6.45, 7) is 1.53. The van der Waals surface area contributed by atoms with Crippen molar-refractivity contribution in [3.05, 3.63) is 75.5 Å². The van der Waals surface area contributed by atoms with E-state index in [1.54, 1.807) is 18.2 Å². The molecule has 0 spiro atoms. The maximum absolute atomic E-state index is 12.0. The van der Waals surface area contributed by atoms with Crippen molar-refractivity contribution in [2.45, 2.75) is 13.3 Å². The third kappa shape index (κ3) is 3.89. The number of H-pyrrole nitrogens is 1. The van der Waals surface area contributed by atoms with Crippen LogP contribution in [0.15, 0.2) is 48.1 Å². The molecule has 0 aliphatic heterocycles. The Hall–Kier alpha value is -3.06. The Labute approximate surface area is 147 Å². The molecule has 0 radical (unpaired) electrons. The molecule has 0 saturated carbocycles. The standard InChI is InChI=1S/C18H15N3O3S/c1-11(22)13-4-2-12(3-5-13)8-17-14(6-7-25-17)15(23)9-16(24)18-19-10-20-21-18/h2-7,9-10,23H,8H2,1H3,(H,19,20,21). The second-order valence-electron chi connectivity index (χ2n) is 5.42. The predicted octanol–water partition coefficient (Wildman–Crippen LogP) is 3.44. The average molecular weight is 353 g/mol. The van der Waals surface area contributed by atoms with Gasteiger partial charge in [0.15, 0.2) is 11.6 Å². The van der Waals surface area contributed by atoms with Gasteiger partial charge in [0.1, 0.15) is 12.1 Å². The molecule has 0 fully saturated rings. The average Bonchev–Trinajstić information content (AvgIpc) is 3.27. The molecule has 0 amide bonds. The normalized spacial score (nSPS) is 11.5. The highest BCUT2D eigenvalue weighted by Crippen LogP contribution is 2.26. The number of hydrogen-bond acceptors (Lipinski definition) is 6. The smallest absolute Gasteiger partial charge is 0.226 e. The predicted molar refractivity (Wildman–Crippen MR) is 94.9 cm³/mol. The molecular formula is C18H15N3O3S. The zero-order valence-corrected chi connectivity index (χ0v) is 14.2. The second-order valence-corrected chi connectivity index (χ2v) is 6.42. The Kier molecular flexibility index (Phi) is 4.85. The van der Waals surface area contributed by atoms with Gasteiger partial charge >= 0.3 is 0 Å². The molecule has 2 N–H and O–H groups in total. The summed E-state index contributed by atoms with van der Waals surface area (Å²) in [6.07, 6.45) is 2.96. The number of aliphatic hydroxyl groups is 1. The molecule has 0 saturated heterocycles. The summed E-state index contributed by atoms with van der Waals surface area (Å²) in [5.74, 6) is -0.464. The minimum atomic E-state index is -0.446. The minimum absolute atomic E-state index is 0.0230. The third-order valence-corrected chi connectivity index (χ3v) is 4.58. The number of thiophene rings is 1. The number of aromatic nitrogens is 3. The number of rotatable bonds is 6. The van der Waals surface area contributed by atoms with Crippen LogP contribution in [0.2, 0.25) is 0 Å². The van der Waals surface area contributed by atoms with Crippen LogP contribution in [0.5, 0.6) is 0 Å². The number of carbonyl (C=O) groups excluding carboxylic acids is 2. The number of hydrogen-bond donors (Lipinski definition) is 2. The molecule has 0 aliphatic carbocycles. The van der Waals surface area contributed by atoms with Gasteiger partial charge in [0.05, 0.1) is 0 Å². The van der Waals surface area contributed by atoms with Crippen molar-refractivity contribution in [1.82, 2.24) is 15.2 Å². The van der Waals surface area contributed by atoms with Gasteiger partial charge in [-0.05, 0) is 23.9 Å². The summed E-state index contributed by atoms with van der Waals surface area (Å²) in [7, 11) is 0. The highest BCUT2D eigenvalue weighted by molar-refractivity contribution is 7.10. The molecule has 0 aliphatic rings. The van der Waals surface area contributed by atoms with Crippen molar-refractivity contribution in [2.75, 3.05) is 0 Å². The highest BCUT2D eigenvalue weighted by Gasteiger charge is 2.13. The van der Waals surface area contributed by atoms with Crippen LogP contribution >= 0.6 is 11.3 Å². The maximum atomic E-state index is 12.0. The van der Waals surface area contributed by atoms with Gasteiger partial charge in [-0.1, -0.05) is 24.3 Å². The third-order valence-electron chi connectivity index (χ3n) is 3.66. The number of nitrogens with one attached hydrogen (secondary N) is 1. The molecule has 0 bridgehead atoms. The Balaban J connectivity index is 1.80. The fraction of sp³-hybridized carbons (Fsp3) is 0.111.